The second-order valence-corrected chi connectivity index (χ2v) is 9.27. The molecular formula is C17H12Cl3FN2O3S2. The maximum Gasteiger partial charge on any atom is 0.266 e. The summed E-state index contributed by atoms with van der Waals surface area (Å²) in [5.41, 5.74) is 0.873. The molecule has 0 aliphatic rings. The van der Waals surface area contributed by atoms with Crippen molar-refractivity contribution >= 4 is 61.3 Å². The highest BCUT2D eigenvalue weighted by Crippen LogP contribution is 2.31. The Bertz CT molecular complexity index is 1090. The lowest BCUT2D eigenvalue weighted by Gasteiger charge is -2.12. The number of hydrogen-bond donors (Lipinski definition) is 1. The first-order valence-corrected chi connectivity index (χ1v) is 11.2. The van der Waals surface area contributed by atoms with Crippen molar-refractivity contribution in [3.05, 3.63) is 68.4 Å². The topological polar surface area (TPSA) is 68.3 Å². The molecule has 5 nitrogen and oxygen atoms in total. The fourth-order valence-corrected chi connectivity index (χ4v) is 4.72. The molecule has 1 N–H and O–H groups in total. The lowest BCUT2D eigenvalue weighted by molar-refractivity contribution is 0.320. The molecule has 148 valence electrons. The normalized spacial score (nSPS) is 11.4. The van der Waals surface area contributed by atoms with Crippen molar-refractivity contribution in [1.82, 2.24) is 4.98 Å². The molecule has 0 bridgehead atoms. The van der Waals surface area contributed by atoms with Gasteiger partial charge in [-0.25, -0.2) is 17.8 Å². The molecular weight excluding hydrogens is 470 g/mol. The van der Waals surface area contributed by atoms with Crippen LogP contribution in [0.5, 0.6) is 5.75 Å². The Kier molecular flexibility index (Phi) is 6.67. The van der Waals surface area contributed by atoms with Crippen LogP contribution in [0.2, 0.25) is 15.1 Å². The average Bonchev–Trinajstić information content (AvgIpc) is 3.12. The number of benzene rings is 2. The third kappa shape index (κ3) is 5.07. The maximum absolute atomic E-state index is 14.4. The van der Waals surface area contributed by atoms with Crippen molar-refractivity contribution in [3.63, 3.8) is 0 Å². The average molecular weight is 482 g/mol. The number of rotatable bonds is 7. The number of nitrogens with one attached hydrogen (secondary N) is 1. The fourth-order valence-electron chi connectivity index (χ4n) is 2.24. The highest BCUT2D eigenvalue weighted by Gasteiger charge is 2.23. The van der Waals surface area contributed by atoms with Crippen LogP contribution in [0, 0.1) is 5.82 Å². The molecule has 3 aromatic rings. The number of sulfonamides is 1. The van der Waals surface area contributed by atoms with Gasteiger partial charge in [-0.05, 0) is 23.8 Å². The zero-order chi connectivity index (χ0) is 20.3. The molecule has 1 heterocycles. The van der Waals surface area contributed by atoms with Gasteiger partial charge in [0.05, 0.1) is 21.7 Å². The Morgan fingerprint density at radius 3 is 2.57 bits per heavy atom. The molecule has 0 aliphatic carbocycles. The summed E-state index contributed by atoms with van der Waals surface area (Å²) in [6.07, 6.45) is 1.90. The molecule has 0 aliphatic heterocycles. The monoisotopic (exact) mass is 480 g/mol. The molecule has 0 saturated heterocycles. The van der Waals surface area contributed by atoms with Crippen LogP contribution >= 0.6 is 46.1 Å². The molecule has 2 aromatic carbocycles. The van der Waals surface area contributed by atoms with Gasteiger partial charge in [0.25, 0.3) is 10.0 Å². The largest absolute Gasteiger partial charge is 0.492 e. The number of aromatic nitrogens is 1. The molecule has 11 heteroatoms. The summed E-state index contributed by atoms with van der Waals surface area (Å²) < 4.78 is 46.8. The van der Waals surface area contributed by atoms with E-state index < -0.39 is 20.7 Å². The number of nitrogens with zero attached hydrogens (tertiary/aromatic N) is 1. The molecule has 28 heavy (non-hydrogen) atoms. The summed E-state index contributed by atoms with van der Waals surface area (Å²) in [4.78, 5) is 3.21. The lowest BCUT2D eigenvalue weighted by Crippen LogP contribution is -2.15. The minimum Gasteiger partial charge on any atom is -0.492 e. The summed E-state index contributed by atoms with van der Waals surface area (Å²) in [6, 6.07) is 7.10. The highest BCUT2D eigenvalue weighted by molar-refractivity contribution is 7.93. The van der Waals surface area contributed by atoms with Crippen LogP contribution in [0.25, 0.3) is 0 Å². The minimum absolute atomic E-state index is 0.0324. The number of halogens is 4. The number of anilines is 1. The van der Waals surface area contributed by atoms with E-state index in [1.807, 2.05) is 0 Å². The van der Waals surface area contributed by atoms with Gasteiger partial charge in [0.2, 0.25) is 0 Å². The van der Waals surface area contributed by atoms with Crippen molar-refractivity contribution in [2.75, 3.05) is 11.3 Å². The molecule has 0 saturated carbocycles. The molecule has 0 amide bonds. The molecule has 0 unspecified atom stereocenters. The van der Waals surface area contributed by atoms with E-state index >= 15 is 0 Å². The van der Waals surface area contributed by atoms with Crippen LogP contribution in [0.15, 0.2) is 46.8 Å². The first-order chi connectivity index (χ1) is 13.3. The predicted molar refractivity (Wildman–Crippen MR) is 110 cm³/mol. The SMILES string of the molecule is O=S(=O)(Nc1nccs1)c1cc(Cl)c(OCCc2ccc(Cl)c(Cl)c2)cc1F. The van der Waals surface area contributed by atoms with Crippen molar-refractivity contribution in [3.8, 4) is 5.75 Å². The molecule has 0 radical (unpaired) electrons. The summed E-state index contributed by atoms with van der Waals surface area (Å²) in [5.74, 6) is -0.953. The molecule has 1 aromatic heterocycles. The van der Waals surface area contributed by atoms with Gasteiger partial charge in [0.15, 0.2) is 5.13 Å². The van der Waals surface area contributed by atoms with E-state index in [2.05, 4.69) is 9.71 Å². The van der Waals surface area contributed by atoms with Crippen LogP contribution in [-0.4, -0.2) is 20.0 Å². The van der Waals surface area contributed by atoms with Crippen LogP contribution in [0.4, 0.5) is 9.52 Å². The Labute approximate surface area is 180 Å². The number of hydrogen-bond acceptors (Lipinski definition) is 5. The third-order valence-electron chi connectivity index (χ3n) is 3.56. The van der Waals surface area contributed by atoms with Crippen molar-refractivity contribution < 1.29 is 17.5 Å². The van der Waals surface area contributed by atoms with E-state index in [4.69, 9.17) is 39.5 Å². The standard InChI is InChI=1S/C17H12Cl3FN2O3S2/c18-11-2-1-10(7-12(11)19)3-5-26-15-9-14(21)16(8-13(15)20)28(24,25)23-17-22-4-6-27-17/h1-2,4,6-9H,3,5H2,(H,22,23). The Morgan fingerprint density at radius 1 is 1.11 bits per heavy atom. The molecule has 0 fully saturated rings. The fraction of sp³-hybridized carbons (Fsp3) is 0.118. The quantitative estimate of drug-likeness (QED) is 0.472. The summed E-state index contributed by atoms with van der Waals surface area (Å²) in [7, 11) is -4.17. The Hall–Kier alpha value is -1.58. The van der Waals surface area contributed by atoms with Gasteiger partial charge >= 0.3 is 0 Å². The van der Waals surface area contributed by atoms with Crippen molar-refractivity contribution in [1.29, 1.82) is 0 Å². The van der Waals surface area contributed by atoms with Crippen LogP contribution in [-0.2, 0) is 16.4 Å². The van der Waals surface area contributed by atoms with Gasteiger partial charge in [0.1, 0.15) is 16.5 Å². The van der Waals surface area contributed by atoms with E-state index in [0.717, 1.165) is 29.0 Å². The van der Waals surface area contributed by atoms with Gasteiger partial charge in [-0.15, -0.1) is 11.3 Å². The van der Waals surface area contributed by atoms with Crippen LogP contribution < -0.4 is 9.46 Å². The van der Waals surface area contributed by atoms with Crippen molar-refractivity contribution in [2.24, 2.45) is 0 Å². The van der Waals surface area contributed by atoms with E-state index in [1.54, 1.807) is 23.6 Å². The third-order valence-corrected chi connectivity index (χ3v) is 6.77. The molecule has 0 spiro atoms. The van der Waals surface area contributed by atoms with Crippen LogP contribution in [0.1, 0.15) is 5.56 Å². The first-order valence-electron chi connectivity index (χ1n) is 7.74. The second-order valence-electron chi connectivity index (χ2n) is 5.50. The van der Waals surface area contributed by atoms with E-state index in [9.17, 15) is 12.8 Å². The van der Waals surface area contributed by atoms with E-state index in [-0.39, 0.29) is 22.5 Å². The molecule has 0 atom stereocenters. The van der Waals surface area contributed by atoms with Crippen LogP contribution in [0.3, 0.4) is 0 Å². The highest BCUT2D eigenvalue weighted by atomic mass is 35.5. The first kappa shape index (κ1) is 21.1. The van der Waals surface area contributed by atoms with Gasteiger partial charge in [-0.1, -0.05) is 40.9 Å². The van der Waals surface area contributed by atoms with Gasteiger partial charge < -0.3 is 4.74 Å². The zero-order valence-corrected chi connectivity index (χ0v) is 17.9. The number of thiazole rings is 1. The zero-order valence-electron chi connectivity index (χ0n) is 14.0. The van der Waals surface area contributed by atoms with Gasteiger partial charge in [-0.2, -0.15) is 0 Å². The second kappa shape index (κ2) is 8.84. The Balaban J connectivity index is 1.71. The summed E-state index contributed by atoms with van der Waals surface area (Å²) >= 11 is 19.0. The maximum atomic E-state index is 14.4. The smallest absolute Gasteiger partial charge is 0.266 e. The van der Waals surface area contributed by atoms with E-state index in [1.165, 1.54) is 6.20 Å². The van der Waals surface area contributed by atoms with Gasteiger partial charge in [0, 0.05) is 24.1 Å². The Morgan fingerprint density at radius 2 is 1.89 bits per heavy atom. The summed E-state index contributed by atoms with van der Waals surface area (Å²) in [5, 5.41) is 2.55. The minimum atomic E-state index is -4.17. The summed E-state index contributed by atoms with van der Waals surface area (Å²) in [6.45, 7) is 0.181. The lowest BCUT2D eigenvalue weighted by atomic mass is 10.2. The molecule has 3 rings (SSSR count). The predicted octanol–water partition coefficient (Wildman–Crippen LogP) is 5.66. The van der Waals surface area contributed by atoms with Crippen molar-refractivity contribution in [2.45, 2.75) is 11.3 Å². The number of ether oxygens (including phenoxy) is 1. The van der Waals surface area contributed by atoms with E-state index in [0.29, 0.717) is 16.5 Å². The van der Waals surface area contributed by atoms with Gasteiger partial charge in [-0.3, -0.25) is 4.72 Å².